The highest BCUT2D eigenvalue weighted by atomic mass is 16.5. The third kappa shape index (κ3) is 1.62. The van der Waals surface area contributed by atoms with Crippen molar-refractivity contribution in [2.24, 2.45) is 5.92 Å². The van der Waals surface area contributed by atoms with Gasteiger partial charge in [0.05, 0.1) is 6.61 Å². The minimum Gasteiger partial charge on any atom is -0.493 e. The van der Waals surface area contributed by atoms with Crippen molar-refractivity contribution < 1.29 is 4.74 Å². The lowest BCUT2D eigenvalue weighted by molar-refractivity contribution is 0.243. The molecule has 1 nitrogen and oxygen atoms in total. The van der Waals surface area contributed by atoms with E-state index in [1.54, 1.807) is 6.26 Å². The molecule has 0 unspecified atom stereocenters. The fraction of sp³-hybridized carbons (Fsp3) is 0.625. The van der Waals surface area contributed by atoms with Crippen LogP contribution in [0.25, 0.3) is 0 Å². The van der Waals surface area contributed by atoms with Gasteiger partial charge >= 0.3 is 0 Å². The van der Waals surface area contributed by atoms with Gasteiger partial charge in [0.25, 0.3) is 0 Å². The normalized spacial score (nSPS) is 17.4. The van der Waals surface area contributed by atoms with Crippen LogP contribution in [0.1, 0.15) is 20.3 Å². The van der Waals surface area contributed by atoms with Crippen molar-refractivity contribution in [3.8, 4) is 0 Å². The summed E-state index contributed by atoms with van der Waals surface area (Å²) in [6.45, 7) is 5.20. The molecular weight excluding hydrogens is 112 g/mol. The van der Waals surface area contributed by atoms with Crippen molar-refractivity contribution in [1.29, 1.82) is 0 Å². The third-order valence-corrected chi connectivity index (χ3v) is 1.51. The molecule has 1 heteroatoms. The largest absolute Gasteiger partial charge is 0.493 e. The predicted molar refractivity (Wildman–Crippen MR) is 37.0 cm³/mol. The maximum atomic E-state index is 4.99. The highest BCUT2D eigenvalue weighted by Crippen LogP contribution is 2.14. The molecule has 0 N–H and O–H groups in total. The van der Waals surface area contributed by atoms with Crippen molar-refractivity contribution in [2.45, 2.75) is 20.3 Å². The zero-order chi connectivity index (χ0) is 6.69. The molecule has 0 atom stereocenters. The second kappa shape index (κ2) is 2.75. The second-order valence-corrected chi connectivity index (χ2v) is 2.56. The molecule has 1 aliphatic rings. The maximum absolute atomic E-state index is 4.99. The van der Waals surface area contributed by atoms with E-state index in [0.717, 1.165) is 13.0 Å². The van der Waals surface area contributed by atoms with Gasteiger partial charge in [-0.05, 0) is 11.5 Å². The summed E-state index contributed by atoms with van der Waals surface area (Å²) in [5, 5.41) is 0. The lowest BCUT2D eigenvalue weighted by Crippen LogP contribution is -2.00. The molecule has 0 saturated heterocycles. The lowest BCUT2D eigenvalue weighted by Gasteiger charge is -2.10. The first-order chi connectivity index (χ1) is 4.30. The Morgan fingerprint density at radius 2 is 2.44 bits per heavy atom. The van der Waals surface area contributed by atoms with Gasteiger partial charge in [-0.1, -0.05) is 19.6 Å². The highest BCUT2D eigenvalue weighted by molar-refractivity contribution is 5.05. The summed E-state index contributed by atoms with van der Waals surface area (Å²) in [7, 11) is 0. The molecule has 0 fully saturated rings. The molecular formula is C8H12O. The predicted octanol–water partition coefficient (Wildman–Crippen LogP) is 2.10. The van der Waals surface area contributed by atoms with Crippen LogP contribution in [0.4, 0.5) is 0 Å². The van der Waals surface area contributed by atoms with Crippen LogP contribution in [0, 0.1) is 5.92 Å². The highest BCUT2D eigenvalue weighted by Gasteiger charge is 2.03. The third-order valence-electron chi connectivity index (χ3n) is 1.51. The van der Waals surface area contributed by atoms with Crippen LogP contribution < -0.4 is 0 Å². The summed E-state index contributed by atoms with van der Waals surface area (Å²) in [5.74, 6) is 0.630. The molecule has 0 saturated carbocycles. The average Bonchev–Trinajstić information content (AvgIpc) is 1.90. The molecule has 9 heavy (non-hydrogen) atoms. The molecule has 50 valence electrons. The van der Waals surface area contributed by atoms with Gasteiger partial charge in [0, 0.05) is 6.42 Å². The van der Waals surface area contributed by atoms with Crippen LogP contribution in [0.5, 0.6) is 0 Å². The quantitative estimate of drug-likeness (QED) is 0.486. The van der Waals surface area contributed by atoms with Gasteiger partial charge in [-0.3, -0.25) is 0 Å². The second-order valence-electron chi connectivity index (χ2n) is 2.56. The van der Waals surface area contributed by atoms with E-state index in [9.17, 15) is 0 Å². The molecule has 1 heterocycles. The van der Waals surface area contributed by atoms with E-state index < -0.39 is 0 Å². The molecule has 0 aromatic carbocycles. The summed E-state index contributed by atoms with van der Waals surface area (Å²) in [5.41, 5.74) is 4.46. The molecule has 0 spiro atoms. The average molecular weight is 124 g/mol. The fourth-order valence-electron chi connectivity index (χ4n) is 0.873. The van der Waals surface area contributed by atoms with E-state index in [4.69, 9.17) is 4.74 Å². The Balaban J connectivity index is 2.66. The van der Waals surface area contributed by atoms with Crippen LogP contribution in [0.3, 0.4) is 0 Å². The van der Waals surface area contributed by atoms with Crippen molar-refractivity contribution >= 4 is 0 Å². The van der Waals surface area contributed by atoms with Gasteiger partial charge in [-0.25, -0.2) is 0 Å². The zero-order valence-corrected chi connectivity index (χ0v) is 5.98. The number of ether oxygens (including phenoxy) is 1. The fourth-order valence-corrected chi connectivity index (χ4v) is 0.873. The Labute approximate surface area is 56.0 Å². The Hall–Kier alpha value is -0.680. The van der Waals surface area contributed by atoms with Crippen molar-refractivity contribution in [2.75, 3.05) is 6.61 Å². The van der Waals surface area contributed by atoms with Crippen LogP contribution >= 0.6 is 0 Å². The molecule has 1 rings (SSSR count). The van der Waals surface area contributed by atoms with E-state index in [2.05, 4.69) is 19.6 Å². The first kappa shape index (κ1) is 6.44. The number of hydrogen-bond acceptors (Lipinski definition) is 1. The van der Waals surface area contributed by atoms with E-state index >= 15 is 0 Å². The Morgan fingerprint density at radius 1 is 1.67 bits per heavy atom. The van der Waals surface area contributed by atoms with E-state index in [1.807, 2.05) is 0 Å². The van der Waals surface area contributed by atoms with Gasteiger partial charge in [0.15, 0.2) is 0 Å². The minimum atomic E-state index is 0.630. The summed E-state index contributed by atoms with van der Waals surface area (Å²) in [6, 6.07) is 0. The lowest BCUT2D eigenvalue weighted by atomic mass is 10.0. The van der Waals surface area contributed by atoms with Gasteiger partial charge < -0.3 is 4.74 Å². The zero-order valence-electron chi connectivity index (χ0n) is 5.98. The molecule has 0 aromatic heterocycles. The maximum Gasteiger partial charge on any atom is 0.125 e. The van der Waals surface area contributed by atoms with Gasteiger partial charge in [0.2, 0.25) is 0 Å². The van der Waals surface area contributed by atoms with Crippen LogP contribution in [-0.2, 0) is 4.74 Å². The van der Waals surface area contributed by atoms with Crippen LogP contribution in [0.15, 0.2) is 17.6 Å². The van der Waals surface area contributed by atoms with E-state index in [0.29, 0.717) is 5.92 Å². The summed E-state index contributed by atoms with van der Waals surface area (Å²) >= 11 is 0. The number of rotatable bonds is 1. The van der Waals surface area contributed by atoms with Crippen molar-refractivity contribution in [3.05, 3.63) is 17.6 Å². The smallest absolute Gasteiger partial charge is 0.125 e. The Kier molecular flexibility index (Phi) is 1.96. The topological polar surface area (TPSA) is 9.23 Å². The summed E-state index contributed by atoms with van der Waals surface area (Å²) < 4.78 is 4.99. The molecule has 0 aromatic rings. The van der Waals surface area contributed by atoms with Gasteiger partial charge in [-0.2, -0.15) is 0 Å². The number of hydrogen-bond donors (Lipinski definition) is 0. The SMILES string of the molecule is CC(C)C1=C=COCC1. The standard InChI is InChI=1S/C8H12O/c1-7(2)8-3-5-9-6-4-8/h6-7H,3,5H2,1-2H3. The first-order valence-corrected chi connectivity index (χ1v) is 3.36. The summed E-state index contributed by atoms with van der Waals surface area (Å²) in [6.07, 6.45) is 2.72. The van der Waals surface area contributed by atoms with Crippen molar-refractivity contribution in [3.63, 3.8) is 0 Å². The van der Waals surface area contributed by atoms with Crippen LogP contribution in [0.2, 0.25) is 0 Å². The first-order valence-electron chi connectivity index (χ1n) is 3.36. The molecule has 0 aliphatic carbocycles. The Bertz CT molecular complexity index is 150. The van der Waals surface area contributed by atoms with Crippen molar-refractivity contribution in [1.82, 2.24) is 0 Å². The Morgan fingerprint density at radius 3 is 2.78 bits per heavy atom. The van der Waals surface area contributed by atoms with E-state index in [-0.39, 0.29) is 0 Å². The van der Waals surface area contributed by atoms with E-state index in [1.165, 1.54) is 5.57 Å². The molecule has 0 bridgehead atoms. The summed E-state index contributed by atoms with van der Waals surface area (Å²) in [4.78, 5) is 0. The van der Waals surface area contributed by atoms with Crippen LogP contribution in [-0.4, -0.2) is 6.61 Å². The monoisotopic (exact) mass is 124 g/mol. The molecule has 1 aliphatic heterocycles. The minimum absolute atomic E-state index is 0.630. The molecule has 0 radical (unpaired) electrons. The molecule has 0 amide bonds. The van der Waals surface area contributed by atoms with Gasteiger partial charge in [-0.15, -0.1) is 0 Å². The van der Waals surface area contributed by atoms with Gasteiger partial charge in [0.1, 0.15) is 6.26 Å².